The number of nitrogens with one attached hydrogen (secondary N) is 2. The van der Waals surface area contributed by atoms with Crippen LogP contribution in [-0.2, 0) is 6.61 Å². The standard InChI is InChI=1S/C16H16N6O2/c1-23-15-9-13(10-17-18-16-19-21-22-20-16)7-8-14(15)24-11-12-5-3-2-4-6-12/h2-10H,11H2,1H3,(H2,18,19,20,21,22)/b17-10+. The number of methoxy groups -OCH3 is 1. The van der Waals surface area contributed by atoms with Gasteiger partial charge in [-0.25, -0.2) is 5.43 Å². The van der Waals surface area contributed by atoms with E-state index in [1.165, 1.54) is 0 Å². The quantitative estimate of drug-likeness (QED) is 0.511. The minimum Gasteiger partial charge on any atom is -0.493 e. The van der Waals surface area contributed by atoms with Crippen LogP contribution in [0.3, 0.4) is 0 Å². The van der Waals surface area contributed by atoms with Crippen molar-refractivity contribution in [1.29, 1.82) is 0 Å². The number of hydrogen-bond acceptors (Lipinski definition) is 7. The highest BCUT2D eigenvalue weighted by Gasteiger charge is 2.05. The van der Waals surface area contributed by atoms with Crippen molar-refractivity contribution in [2.45, 2.75) is 6.61 Å². The summed E-state index contributed by atoms with van der Waals surface area (Å²) in [4.78, 5) is 0. The lowest BCUT2D eigenvalue weighted by atomic mass is 10.2. The van der Waals surface area contributed by atoms with Crippen molar-refractivity contribution in [3.63, 3.8) is 0 Å². The van der Waals surface area contributed by atoms with Gasteiger partial charge in [0.05, 0.1) is 13.3 Å². The average molecular weight is 324 g/mol. The van der Waals surface area contributed by atoms with Crippen LogP contribution in [0.2, 0.25) is 0 Å². The Bertz CT molecular complexity index is 790. The number of ether oxygens (including phenoxy) is 2. The van der Waals surface area contributed by atoms with Crippen LogP contribution in [0.15, 0.2) is 53.6 Å². The molecule has 2 N–H and O–H groups in total. The third-order valence-corrected chi connectivity index (χ3v) is 3.15. The van der Waals surface area contributed by atoms with Crippen molar-refractivity contribution in [3.05, 3.63) is 59.7 Å². The molecule has 0 amide bonds. The van der Waals surface area contributed by atoms with Gasteiger partial charge in [-0.15, -0.1) is 5.10 Å². The fourth-order valence-corrected chi connectivity index (χ4v) is 1.99. The van der Waals surface area contributed by atoms with Gasteiger partial charge in [-0.1, -0.05) is 35.4 Å². The number of hydrogen-bond donors (Lipinski definition) is 2. The highest BCUT2D eigenvalue weighted by Crippen LogP contribution is 2.28. The number of anilines is 1. The summed E-state index contributed by atoms with van der Waals surface area (Å²) in [6.45, 7) is 0.476. The molecule has 3 rings (SSSR count). The summed E-state index contributed by atoms with van der Waals surface area (Å²) >= 11 is 0. The monoisotopic (exact) mass is 324 g/mol. The summed E-state index contributed by atoms with van der Waals surface area (Å²) in [5, 5.41) is 17.2. The van der Waals surface area contributed by atoms with E-state index in [4.69, 9.17) is 9.47 Å². The lowest BCUT2D eigenvalue weighted by molar-refractivity contribution is 0.284. The first kappa shape index (κ1) is 15.5. The Morgan fingerprint density at radius 3 is 2.79 bits per heavy atom. The van der Waals surface area contributed by atoms with Gasteiger partial charge in [-0.2, -0.15) is 10.3 Å². The van der Waals surface area contributed by atoms with Crippen LogP contribution in [0, 0.1) is 0 Å². The molecule has 0 spiro atoms. The number of tetrazole rings is 1. The van der Waals surface area contributed by atoms with Crippen molar-refractivity contribution >= 4 is 12.2 Å². The van der Waals surface area contributed by atoms with Crippen LogP contribution < -0.4 is 14.9 Å². The fraction of sp³-hybridized carbons (Fsp3) is 0.125. The third kappa shape index (κ3) is 4.07. The molecule has 0 atom stereocenters. The van der Waals surface area contributed by atoms with Gasteiger partial charge in [0.1, 0.15) is 6.61 Å². The summed E-state index contributed by atoms with van der Waals surface area (Å²) in [5.74, 6) is 1.60. The van der Waals surface area contributed by atoms with Crippen molar-refractivity contribution < 1.29 is 9.47 Å². The predicted octanol–water partition coefficient (Wildman–Crippen LogP) is 2.23. The van der Waals surface area contributed by atoms with Gasteiger partial charge < -0.3 is 9.47 Å². The number of H-pyrrole nitrogens is 1. The number of nitrogens with zero attached hydrogens (tertiary/aromatic N) is 4. The Morgan fingerprint density at radius 2 is 2.04 bits per heavy atom. The summed E-state index contributed by atoms with van der Waals surface area (Å²) in [5.41, 5.74) is 4.59. The number of rotatable bonds is 7. The number of aromatic amines is 1. The molecule has 8 nitrogen and oxygen atoms in total. The first-order valence-electron chi connectivity index (χ1n) is 7.22. The molecule has 0 saturated carbocycles. The second-order valence-corrected chi connectivity index (χ2v) is 4.79. The van der Waals surface area contributed by atoms with Crippen molar-refractivity contribution in [2.24, 2.45) is 5.10 Å². The van der Waals surface area contributed by atoms with Gasteiger partial charge >= 0.3 is 0 Å². The zero-order chi connectivity index (χ0) is 16.6. The largest absolute Gasteiger partial charge is 0.493 e. The van der Waals surface area contributed by atoms with E-state index in [0.717, 1.165) is 11.1 Å². The van der Waals surface area contributed by atoms with Crippen molar-refractivity contribution in [1.82, 2.24) is 20.6 Å². The Morgan fingerprint density at radius 1 is 1.17 bits per heavy atom. The van der Waals surface area contributed by atoms with E-state index in [1.54, 1.807) is 13.3 Å². The zero-order valence-electron chi connectivity index (χ0n) is 13.0. The Balaban J connectivity index is 1.65. The minimum atomic E-state index is 0.293. The summed E-state index contributed by atoms with van der Waals surface area (Å²) in [6.07, 6.45) is 1.62. The summed E-state index contributed by atoms with van der Waals surface area (Å²) in [6, 6.07) is 15.5. The zero-order valence-corrected chi connectivity index (χ0v) is 13.0. The molecule has 0 unspecified atom stereocenters. The molecule has 3 aromatic rings. The number of aromatic nitrogens is 4. The lowest BCUT2D eigenvalue weighted by Gasteiger charge is -2.11. The van der Waals surface area contributed by atoms with E-state index in [9.17, 15) is 0 Å². The van der Waals surface area contributed by atoms with Crippen LogP contribution in [-0.4, -0.2) is 33.9 Å². The molecule has 0 aliphatic heterocycles. The first-order valence-corrected chi connectivity index (χ1v) is 7.22. The lowest BCUT2D eigenvalue weighted by Crippen LogP contribution is -1.98. The Labute approximate surface area is 138 Å². The fourth-order valence-electron chi connectivity index (χ4n) is 1.99. The molecular weight excluding hydrogens is 308 g/mol. The SMILES string of the molecule is COc1cc(/C=N/Nc2nn[nH]n2)ccc1OCc1ccccc1. The molecule has 0 saturated heterocycles. The molecule has 1 aromatic heterocycles. The maximum absolute atomic E-state index is 5.81. The molecule has 2 aromatic carbocycles. The van der Waals surface area contributed by atoms with E-state index < -0.39 is 0 Å². The van der Waals surface area contributed by atoms with Gasteiger partial charge in [0.2, 0.25) is 0 Å². The normalized spacial score (nSPS) is 10.7. The van der Waals surface area contributed by atoms with Crippen LogP contribution in [0.5, 0.6) is 11.5 Å². The Kier molecular flexibility index (Phi) is 4.98. The highest BCUT2D eigenvalue weighted by molar-refractivity contribution is 5.81. The van der Waals surface area contributed by atoms with Crippen molar-refractivity contribution in [2.75, 3.05) is 12.5 Å². The maximum atomic E-state index is 5.81. The average Bonchev–Trinajstić information content (AvgIpc) is 3.15. The molecule has 24 heavy (non-hydrogen) atoms. The molecule has 122 valence electrons. The Hall–Kier alpha value is -3.42. The van der Waals surface area contributed by atoms with Gasteiger partial charge in [0, 0.05) is 0 Å². The summed E-state index contributed by atoms with van der Waals surface area (Å²) in [7, 11) is 1.60. The van der Waals surface area contributed by atoms with Crippen LogP contribution in [0.25, 0.3) is 0 Å². The van der Waals surface area contributed by atoms with Crippen LogP contribution in [0.4, 0.5) is 5.95 Å². The molecule has 0 fully saturated rings. The van der Waals surface area contributed by atoms with E-state index >= 15 is 0 Å². The molecular formula is C16H16N6O2. The summed E-state index contributed by atoms with van der Waals surface area (Å²) < 4.78 is 11.2. The van der Waals surface area contributed by atoms with E-state index in [2.05, 4.69) is 31.2 Å². The molecule has 1 heterocycles. The molecule has 0 radical (unpaired) electrons. The van der Waals surface area contributed by atoms with Gasteiger partial charge in [0.25, 0.3) is 5.95 Å². The van der Waals surface area contributed by atoms with E-state index in [0.29, 0.717) is 24.1 Å². The predicted molar refractivity (Wildman–Crippen MR) is 89.2 cm³/mol. The number of hydrazone groups is 1. The maximum Gasteiger partial charge on any atom is 0.283 e. The van der Waals surface area contributed by atoms with Crippen LogP contribution >= 0.6 is 0 Å². The second kappa shape index (κ2) is 7.73. The molecule has 8 heteroatoms. The second-order valence-electron chi connectivity index (χ2n) is 4.79. The van der Waals surface area contributed by atoms with Gasteiger partial charge in [-0.05, 0) is 34.5 Å². The topological polar surface area (TPSA) is 97.3 Å². The molecule has 0 bridgehead atoms. The van der Waals surface area contributed by atoms with Crippen molar-refractivity contribution in [3.8, 4) is 11.5 Å². The van der Waals surface area contributed by atoms with E-state index in [-0.39, 0.29) is 0 Å². The first-order chi connectivity index (χ1) is 11.8. The smallest absolute Gasteiger partial charge is 0.283 e. The van der Waals surface area contributed by atoms with E-state index in [1.807, 2.05) is 48.5 Å². The van der Waals surface area contributed by atoms with Gasteiger partial charge in [0.15, 0.2) is 11.5 Å². The van der Waals surface area contributed by atoms with Crippen LogP contribution in [0.1, 0.15) is 11.1 Å². The van der Waals surface area contributed by atoms with Gasteiger partial charge in [-0.3, -0.25) is 0 Å². The molecule has 0 aliphatic rings. The highest BCUT2D eigenvalue weighted by atomic mass is 16.5. The third-order valence-electron chi connectivity index (χ3n) is 3.15. The minimum absolute atomic E-state index is 0.293. The molecule has 0 aliphatic carbocycles. The number of benzene rings is 2.